The minimum atomic E-state index is -4.81. The van der Waals surface area contributed by atoms with Gasteiger partial charge < -0.3 is 10.4 Å². The minimum Gasteiger partial charge on any atom is -0.378 e. The minimum absolute atomic E-state index is 0.328. The van der Waals surface area contributed by atoms with Gasteiger partial charge in [0.15, 0.2) is 5.60 Å². The van der Waals surface area contributed by atoms with E-state index in [9.17, 15) is 31.5 Å². The van der Waals surface area contributed by atoms with Gasteiger partial charge in [-0.05, 0) is 25.1 Å². The number of hydrogen-bond acceptors (Lipinski definition) is 6. The van der Waals surface area contributed by atoms with E-state index in [0.717, 1.165) is 19.1 Å². The van der Waals surface area contributed by atoms with Gasteiger partial charge in [0.05, 0.1) is 23.5 Å². The molecular formula is C13H13F3N2O5S. The number of carbonyl (C=O) groups is 1. The van der Waals surface area contributed by atoms with E-state index in [0.29, 0.717) is 12.3 Å². The second-order valence-electron chi connectivity index (χ2n) is 5.06. The highest BCUT2D eigenvalue weighted by molar-refractivity contribution is 7.85. The Kier molecular flexibility index (Phi) is 5.60. The van der Waals surface area contributed by atoms with Crippen molar-refractivity contribution in [2.45, 2.75) is 18.7 Å². The largest absolute Gasteiger partial charge is 0.417 e. The van der Waals surface area contributed by atoms with E-state index < -0.39 is 45.5 Å². The second kappa shape index (κ2) is 6.76. The van der Waals surface area contributed by atoms with Crippen molar-refractivity contribution in [2.75, 3.05) is 18.2 Å². The first kappa shape index (κ1) is 19.9. The molecule has 0 bridgehead atoms. The number of benzene rings is 1. The summed E-state index contributed by atoms with van der Waals surface area (Å²) < 4.78 is 64.5. The van der Waals surface area contributed by atoms with Gasteiger partial charge in [-0.25, -0.2) is 0 Å². The van der Waals surface area contributed by atoms with Crippen molar-refractivity contribution in [1.82, 2.24) is 0 Å². The first-order valence-corrected chi connectivity index (χ1v) is 8.07. The number of hydrogen-bond donors (Lipinski definition) is 2. The Morgan fingerprint density at radius 3 is 2.46 bits per heavy atom. The van der Waals surface area contributed by atoms with Gasteiger partial charge >= 0.3 is 6.18 Å². The van der Waals surface area contributed by atoms with Crippen LogP contribution in [0.2, 0.25) is 0 Å². The zero-order valence-electron chi connectivity index (χ0n) is 12.5. The van der Waals surface area contributed by atoms with E-state index in [4.69, 9.17) is 5.26 Å². The summed E-state index contributed by atoms with van der Waals surface area (Å²) >= 11 is 0. The average Bonchev–Trinajstić information content (AvgIpc) is 2.43. The molecule has 0 radical (unpaired) electrons. The van der Waals surface area contributed by atoms with Crippen molar-refractivity contribution in [3.8, 4) is 6.07 Å². The Bertz CT molecular complexity index is 782. The number of alkyl halides is 3. The molecule has 1 atom stereocenters. The maximum absolute atomic E-state index is 12.8. The summed E-state index contributed by atoms with van der Waals surface area (Å²) in [5.74, 6) is -1.18. The molecule has 0 saturated heterocycles. The standard InChI is InChI=1S/C13H13F3N2O5S/c1-12(20,7-23-24(2,21)22)11(19)18-9-4-3-8(6-17)10(5-9)13(14,15)16/h3-5,20H,7H2,1-2H3,(H,18,19). The van der Waals surface area contributed by atoms with Crippen LogP contribution in [0.5, 0.6) is 0 Å². The van der Waals surface area contributed by atoms with Gasteiger partial charge in [-0.2, -0.15) is 26.9 Å². The van der Waals surface area contributed by atoms with Gasteiger partial charge in [-0.1, -0.05) is 0 Å². The second-order valence-corrected chi connectivity index (χ2v) is 6.71. The van der Waals surface area contributed by atoms with E-state index in [1.54, 1.807) is 0 Å². The number of amides is 1. The van der Waals surface area contributed by atoms with Gasteiger partial charge in [0.25, 0.3) is 16.0 Å². The van der Waals surface area contributed by atoms with Crippen LogP contribution < -0.4 is 5.32 Å². The quantitative estimate of drug-likeness (QED) is 0.758. The van der Waals surface area contributed by atoms with Gasteiger partial charge in [-0.15, -0.1) is 0 Å². The van der Waals surface area contributed by atoms with E-state index in [-0.39, 0.29) is 5.69 Å². The summed E-state index contributed by atoms with van der Waals surface area (Å²) in [7, 11) is -3.92. The van der Waals surface area contributed by atoms with Crippen LogP contribution >= 0.6 is 0 Å². The van der Waals surface area contributed by atoms with Crippen LogP contribution in [0.3, 0.4) is 0 Å². The lowest BCUT2D eigenvalue weighted by atomic mass is 10.1. The van der Waals surface area contributed by atoms with Crippen LogP contribution in [0.15, 0.2) is 18.2 Å². The highest BCUT2D eigenvalue weighted by Gasteiger charge is 2.35. The van der Waals surface area contributed by atoms with Crippen molar-refractivity contribution in [3.63, 3.8) is 0 Å². The van der Waals surface area contributed by atoms with Crippen LogP contribution in [0.1, 0.15) is 18.1 Å². The summed E-state index contributed by atoms with van der Waals surface area (Å²) in [6.45, 7) is 0.0158. The third-order valence-electron chi connectivity index (χ3n) is 2.75. The molecule has 1 aromatic carbocycles. The molecule has 1 unspecified atom stereocenters. The molecule has 7 nitrogen and oxygen atoms in total. The fourth-order valence-electron chi connectivity index (χ4n) is 1.51. The van der Waals surface area contributed by atoms with Crippen molar-refractivity contribution < 1.29 is 35.7 Å². The van der Waals surface area contributed by atoms with E-state index in [1.807, 2.05) is 5.32 Å². The number of nitriles is 1. The first-order valence-electron chi connectivity index (χ1n) is 6.26. The number of halogens is 3. The number of rotatable bonds is 5. The molecule has 2 N–H and O–H groups in total. The van der Waals surface area contributed by atoms with Crippen LogP contribution in [-0.2, 0) is 25.3 Å². The molecule has 0 aromatic heterocycles. The number of nitrogens with one attached hydrogen (secondary N) is 1. The van der Waals surface area contributed by atoms with Crippen molar-refractivity contribution >= 4 is 21.7 Å². The van der Waals surface area contributed by atoms with Crippen molar-refractivity contribution in [2.24, 2.45) is 0 Å². The molecule has 24 heavy (non-hydrogen) atoms. The fourth-order valence-corrected chi connectivity index (χ4v) is 1.95. The zero-order valence-corrected chi connectivity index (χ0v) is 13.3. The SMILES string of the molecule is CC(O)(COS(C)(=O)=O)C(=O)Nc1ccc(C#N)c(C(F)(F)F)c1. The highest BCUT2D eigenvalue weighted by atomic mass is 32.2. The maximum Gasteiger partial charge on any atom is 0.417 e. The lowest BCUT2D eigenvalue weighted by Crippen LogP contribution is -2.44. The fraction of sp³-hybridized carbons (Fsp3) is 0.385. The normalized spacial score (nSPS) is 14.5. The Morgan fingerprint density at radius 1 is 1.42 bits per heavy atom. The smallest absolute Gasteiger partial charge is 0.378 e. The predicted octanol–water partition coefficient (Wildman–Crippen LogP) is 1.24. The Morgan fingerprint density at radius 2 is 2.00 bits per heavy atom. The van der Waals surface area contributed by atoms with E-state index >= 15 is 0 Å². The van der Waals surface area contributed by atoms with Gasteiger partial charge in [0.1, 0.15) is 6.61 Å². The maximum atomic E-state index is 12.8. The number of nitrogens with zero attached hydrogens (tertiary/aromatic N) is 1. The van der Waals surface area contributed by atoms with Gasteiger partial charge in [0.2, 0.25) is 0 Å². The molecule has 0 fully saturated rings. The van der Waals surface area contributed by atoms with E-state index in [2.05, 4.69) is 4.18 Å². The Balaban J connectivity index is 3.01. The molecular weight excluding hydrogens is 353 g/mol. The molecule has 0 aliphatic rings. The third kappa shape index (κ3) is 5.48. The lowest BCUT2D eigenvalue weighted by molar-refractivity contribution is -0.138. The average molecular weight is 366 g/mol. The molecule has 0 spiro atoms. The Hall–Kier alpha value is -2.16. The summed E-state index contributed by atoms with van der Waals surface area (Å²) in [5, 5.41) is 20.5. The summed E-state index contributed by atoms with van der Waals surface area (Å²) in [6, 6.07) is 3.81. The predicted molar refractivity (Wildman–Crippen MR) is 76.2 cm³/mol. The molecule has 1 amide bonds. The third-order valence-corrected chi connectivity index (χ3v) is 3.29. The molecule has 0 aliphatic carbocycles. The highest BCUT2D eigenvalue weighted by Crippen LogP contribution is 2.33. The summed E-state index contributed by atoms with van der Waals surface area (Å²) in [4.78, 5) is 11.9. The molecule has 0 aliphatic heterocycles. The number of aliphatic hydroxyl groups is 1. The van der Waals surface area contributed by atoms with Crippen molar-refractivity contribution in [1.29, 1.82) is 5.26 Å². The summed E-state index contributed by atoms with van der Waals surface area (Å²) in [6.07, 6.45) is -4.11. The number of carbonyl (C=O) groups excluding carboxylic acids is 1. The molecule has 132 valence electrons. The monoisotopic (exact) mass is 366 g/mol. The summed E-state index contributed by atoms with van der Waals surface area (Å²) in [5.41, 5.74) is -4.52. The lowest BCUT2D eigenvalue weighted by Gasteiger charge is -2.21. The molecule has 1 aromatic rings. The molecule has 1 rings (SSSR count). The van der Waals surface area contributed by atoms with Crippen LogP contribution in [0.25, 0.3) is 0 Å². The van der Waals surface area contributed by atoms with Crippen molar-refractivity contribution in [3.05, 3.63) is 29.3 Å². The molecule has 0 saturated carbocycles. The topological polar surface area (TPSA) is 116 Å². The van der Waals surface area contributed by atoms with E-state index in [1.165, 1.54) is 6.07 Å². The Labute approximate surface area is 135 Å². The van der Waals surface area contributed by atoms with Crippen LogP contribution in [0.4, 0.5) is 18.9 Å². The van der Waals surface area contributed by atoms with Gasteiger partial charge in [0, 0.05) is 5.69 Å². The van der Waals surface area contributed by atoms with Crippen LogP contribution in [0, 0.1) is 11.3 Å². The first-order chi connectivity index (χ1) is 10.8. The van der Waals surface area contributed by atoms with Crippen LogP contribution in [-0.4, -0.2) is 37.9 Å². The molecule has 0 heterocycles. The zero-order chi connectivity index (χ0) is 18.8. The molecule has 11 heteroatoms. The number of anilines is 1. The van der Waals surface area contributed by atoms with Gasteiger partial charge in [-0.3, -0.25) is 8.98 Å².